The first-order chi connectivity index (χ1) is 8.69. The molecule has 0 spiro atoms. The number of halogens is 1. The number of nitrogens with two attached hydrogens (primary N) is 1. The Morgan fingerprint density at radius 3 is 3.06 bits per heavy atom. The van der Waals surface area contributed by atoms with Crippen molar-refractivity contribution in [1.82, 2.24) is 10.6 Å². The zero-order valence-corrected chi connectivity index (χ0v) is 9.22. The van der Waals surface area contributed by atoms with Gasteiger partial charge in [0, 0.05) is 12.1 Å². The van der Waals surface area contributed by atoms with Crippen LogP contribution in [0, 0.1) is 5.82 Å². The van der Waals surface area contributed by atoms with Crippen LogP contribution < -0.4 is 16.0 Å². The molecule has 6 nitrogen and oxygen atoms in total. The summed E-state index contributed by atoms with van der Waals surface area (Å²) in [4.78, 5) is 11.1. The molecule has 0 saturated heterocycles. The van der Waals surface area contributed by atoms with Crippen LogP contribution in [-0.2, 0) is 6.61 Å². The van der Waals surface area contributed by atoms with E-state index >= 15 is 0 Å². The number of nitrogens with zero attached hydrogens (tertiary/aromatic N) is 1. The minimum Gasteiger partial charge on any atom is -0.485 e. The van der Waals surface area contributed by atoms with Crippen LogP contribution >= 0.6 is 0 Å². The molecule has 0 aliphatic heterocycles. The maximum Gasteiger partial charge on any atom is 0.287 e. The Kier molecular flexibility index (Phi) is 3.54. The van der Waals surface area contributed by atoms with Gasteiger partial charge in [0.1, 0.15) is 18.2 Å². The lowest BCUT2D eigenvalue weighted by Crippen LogP contribution is -2.30. The van der Waals surface area contributed by atoms with Crippen molar-refractivity contribution >= 4 is 5.91 Å². The summed E-state index contributed by atoms with van der Waals surface area (Å²) in [6.07, 6.45) is 0. The lowest BCUT2D eigenvalue weighted by Gasteiger charge is -2.02. The van der Waals surface area contributed by atoms with Gasteiger partial charge in [-0.2, -0.15) is 0 Å². The van der Waals surface area contributed by atoms with E-state index in [9.17, 15) is 9.18 Å². The molecule has 1 aromatic carbocycles. The van der Waals surface area contributed by atoms with Gasteiger partial charge in [0.2, 0.25) is 0 Å². The van der Waals surface area contributed by atoms with Gasteiger partial charge in [-0.05, 0) is 12.1 Å². The average molecular weight is 251 g/mol. The van der Waals surface area contributed by atoms with E-state index in [4.69, 9.17) is 15.1 Å². The second kappa shape index (κ2) is 5.28. The van der Waals surface area contributed by atoms with E-state index in [0.717, 1.165) is 0 Å². The van der Waals surface area contributed by atoms with Crippen molar-refractivity contribution in [2.24, 2.45) is 5.84 Å². The number of aromatic nitrogens is 1. The van der Waals surface area contributed by atoms with Crippen molar-refractivity contribution in [3.05, 3.63) is 47.6 Å². The highest BCUT2D eigenvalue weighted by Crippen LogP contribution is 2.14. The van der Waals surface area contributed by atoms with E-state index in [-0.39, 0.29) is 12.3 Å². The molecule has 1 aromatic heterocycles. The Bertz CT molecular complexity index is 556. The van der Waals surface area contributed by atoms with Gasteiger partial charge in [-0.25, -0.2) is 10.2 Å². The lowest BCUT2D eigenvalue weighted by atomic mass is 10.3. The molecule has 18 heavy (non-hydrogen) atoms. The number of nitrogens with one attached hydrogen (secondary N) is 1. The minimum absolute atomic E-state index is 0.0360. The molecule has 2 aromatic rings. The predicted molar refractivity (Wildman–Crippen MR) is 58.9 cm³/mol. The quantitative estimate of drug-likeness (QED) is 0.480. The van der Waals surface area contributed by atoms with Crippen LogP contribution in [0.5, 0.6) is 5.75 Å². The Hall–Kier alpha value is -2.41. The second-order valence-corrected chi connectivity index (χ2v) is 3.40. The molecule has 0 aliphatic rings. The fraction of sp³-hybridized carbons (Fsp3) is 0.0909. The maximum atomic E-state index is 12.9. The van der Waals surface area contributed by atoms with Crippen molar-refractivity contribution in [3.8, 4) is 5.75 Å². The van der Waals surface area contributed by atoms with Gasteiger partial charge in [-0.1, -0.05) is 11.2 Å². The molecule has 3 N–H and O–H groups in total. The van der Waals surface area contributed by atoms with Crippen LogP contribution in [0.1, 0.15) is 16.2 Å². The molecule has 0 saturated carbocycles. The number of carbonyl (C=O) groups excluding carboxylic acids is 1. The van der Waals surface area contributed by atoms with Crippen molar-refractivity contribution in [1.29, 1.82) is 0 Å². The fourth-order valence-corrected chi connectivity index (χ4v) is 1.27. The van der Waals surface area contributed by atoms with E-state index in [1.807, 2.05) is 5.43 Å². The number of amides is 1. The summed E-state index contributed by atoms with van der Waals surface area (Å²) >= 11 is 0. The third-order valence-corrected chi connectivity index (χ3v) is 2.10. The number of hydrogen-bond acceptors (Lipinski definition) is 5. The summed E-state index contributed by atoms with van der Waals surface area (Å²) in [5.74, 6) is 4.68. The number of carbonyl (C=O) groups is 1. The summed E-state index contributed by atoms with van der Waals surface area (Å²) in [7, 11) is 0. The zero-order valence-electron chi connectivity index (χ0n) is 9.22. The van der Waals surface area contributed by atoms with Crippen LogP contribution in [0.3, 0.4) is 0 Å². The van der Waals surface area contributed by atoms with E-state index in [2.05, 4.69) is 5.16 Å². The summed E-state index contributed by atoms with van der Waals surface area (Å²) in [5, 5.41) is 3.50. The van der Waals surface area contributed by atoms with Crippen LogP contribution in [-0.4, -0.2) is 11.1 Å². The van der Waals surface area contributed by atoms with Gasteiger partial charge in [-0.3, -0.25) is 10.2 Å². The largest absolute Gasteiger partial charge is 0.485 e. The summed E-state index contributed by atoms with van der Waals surface area (Å²) in [5.41, 5.74) is 1.98. The number of hydrazine groups is 1. The minimum atomic E-state index is -0.559. The molecule has 0 unspecified atom stereocenters. The highest BCUT2D eigenvalue weighted by atomic mass is 19.1. The van der Waals surface area contributed by atoms with Crippen molar-refractivity contribution < 1.29 is 18.4 Å². The van der Waals surface area contributed by atoms with E-state index in [1.165, 1.54) is 24.3 Å². The number of nitrogen functional groups attached to an aromatic ring is 1. The molecule has 1 amide bonds. The Morgan fingerprint density at radius 2 is 2.33 bits per heavy atom. The summed E-state index contributed by atoms with van der Waals surface area (Å²) in [6.45, 7) is 0.0360. The van der Waals surface area contributed by atoms with Crippen molar-refractivity contribution in [2.75, 3.05) is 0 Å². The van der Waals surface area contributed by atoms with Crippen molar-refractivity contribution in [2.45, 2.75) is 6.61 Å². The van der Waals surface area contributed by atoms with Gasteiger partial charge in [0.05, 0.1) is 0 Å². The van der Waals surface area contributed by atoms with Gasteiger partial charge in [0.15, 0.2) is 11.5 Å². The van der Waals surface area contributed by atoms with E-state index in [1.54, 1.807) is 6.07 Å². The molecule has 7 heteroatoms. The van der Waals surface area contributed by atoms with Gasteiger partial charge in [-0.15, -0.1) is 0 Å². The Labute approximate surface area is 101 Å². The topological polar surface area (TPSA) is 90.4 Å². The molecule has 0 bridgehead atoms. The smallest absolute Gasteiger partial charge is 0.287 e. The molecule has 0 fully saturated rings. The molecule has 0 atom stereocenters. The van der Waals surface area contributed by atoms with Crippen LogP contribution in [0.25, 0.3) is 0 Å². The predicted octanol–water partition coefficient (Wildman–Crippen LogP) is 0.996. The average Bonchev–Trinajstić information content (AvgIpc) is 2.84. The SMILES string of the molecule is NNC(=O)c1cc(COc2cccc(F)c2)on1. The maximum absolute atomic E-state index is 12.9. The molecule has 2 rings (SSSR count). The highest BCUT2D eigenvalue weighted by molar-refractivity contribution is 5.91. The lowest BCUT2D eigenvalue weighted by molar-refractivity contribution is 0.0944. The standard InChI is InChI=1S/C11H10FN3O3/c12-7-2-1-3-8(4-7)17-6-9-5-10(15-18-9)11(16)14-13/h1-5H,6,13H2,(H,14,16). The van der Waals surface area contributed by atoms with E-state index < -0.39 is 11.7 Å². The third-order valence-electron chi connectivity index (χ3n) is 2.10. The number of rotatable bonds is 4. The second-order valence-electron chi connectivity index (χ2n) is 3.40. The van der Waals surface area contributed by atoms with Gasteiger partial charge >= 0.3 is 0 Å². The fourth-order valence-electron chi connectivity index (χ4n) is 1.27. The van der Waals surface area contributed by atoms with E-state index in [0.29, 0.717) is 11.5 Å². The third kappa shape index (κ3) is 2.83. The van der Waals surface area contributed by atoms with Crippen LogP contribution in [0.15, 0.2) is 34.9 Å². The number of benzene rings is 1. The zero-order chi connectivity index (χ0) is 13.0. The van der Waals surface area contributed by atoms with Crippen LogP contribution in [0.4, 0.5) is 4.39 Å². The molecular weight excluding hydrogens is 241 g/mol. The van der Waals surface area contributed by atoms with Gasteiger partial charge < -0.3 is 9.26 Å². The molecule has 94 valence electrons. The highest BCUT2D eigenvalue weighted by Gasteiger charge is 2.11. The molecule has 0 aliphatic carbocycles. The monoisotopic (exact) mass is 251 g/mol. The van der Waals surface area contributed by atoms with Crippen molar-refractivity contribution in [3.63, 3.8) is 0 Å². The molecule has 1 heterocycles. The van der Waals surface area contributed by atoms with Crippen LogP contribution in [0.2, 0.25) is 0 Å². The van der Waals surface area contributed by atoms with Gasteiger partial charge in [0.25, 0.3) is 5.91 Å². The first-order valence-corrected chi connectivity index (χ1v) is 5.04. The summed E-state index contributed by atoms with van der Waals surface area (Å²) < 4.78 is 23.0. The molecule has 0 radical (unpaired) electrons. The summed E-state index contributed by atoms with van der Waals surface area (Å²) in [6, 6.07) is 7.07. The number of ether oxygens (including phenoxy) is 1. The first-order valence-electron chi connectivity index (χ1n) is 5.04. The number of hydrogen-bond donors (Lipinski definition) is 2. The molecular formula is C11H10FN3O3. The normalized spacial score (nSPS) is 10.1. The Balaban J connectivity index is 1.98. The first kappa shape index (κ1) is 12.1. The Morgan fingerprint density at radius 1 is 1.50 bits per heavy atom.